The fourth-order valence-electron chi connectivity index (χ4n) is 2.35. The van der Waals surface area contributed by atoms with E-state index in [1.54, 1.807) is 19.2 Å². The van der Waals surface area contributed by atoms with E-state index in [1.807, 2.05) is 12.1 Å². The van der Waals surface area contributed by atoms with Crippen LogP contribution in [-0.2, 0) is 6.42 Å². The maximum absolute atomic E-state index is 11.6. The molecule has 2 aromatic rings. The predicted molar refractivity (Wildman–Crippen MR) is 92.1 cm³/mol. The van der Waals surface area contributed by atoms with Gasteiger partial charge in [-0.3, -0.25) is 4.79 Å². The van der Waals surface area contributed by atoms with Gasteiger partial charge in [0.2, 0.25) is 0 Å². The van der Waals surface area contributed by atoms with Crippen LogP contribution in [0.2, 0.25) is 0 Å². The first-order chi connectivity index (χ1) is 10.6. The number of rotatable bonds is 6. The number of benzene rings is 2. The number of nitrogens with one attached hydrogen (secondary N) is 2. The first-order valence-electron chi connectivity index (χ1n) is 7.52. The van der Waals surface area contributed by atoms with Gasteiger partial charge in [0, 0.05) is 18.7 Å². The smallest absolute Gasteiger partial charge is 0.251 e. The number of carbonyl (C=O) groups is 1. The molecule has 0 bridgehead atoms. The van der Waals surface area contributed by atoms with E-state index in [2.05, 4.69) is 41.8 Å². The van der Waals surface area contributed by atoms with E-state index in [1.165, 1.54) is 5.56 Å². The summed E-state index contributed by atoms with van der Waals surface area (Å²) in [6.07, 6.45) is 2.03. The Bertz CT molecular complexity index is 625. The lowest BCUT2D eigenvalue weighted by molar-refractivity contribution is 0.0963. The van der Waals surface area contributed by atoms with Crippen LogP contribution in [0.3, 0.4) is 0 Å². The highest BCUT2D eigenvalue weighted by Gasteiger charge is 2.09. The lowest BCUT2D eigenvalue weighted by Gasteiger charge is -2.17. The first kappa shape index (κ1) is 15.9. The number of hydrogen-bond acceptors (Lipinski definition) is 3. The van der Waals surface area contributed by atoms with Gasteiger partial charge in [-0.1, -0.05) is 30.3 Å². The van der Waals surface area contributed by atoms with Crippen LogP contribution in [0.15, 0.2) is 48.5 Å². The minimum absolute atomic E-state index is 0.129. The van der Waals surface area contributed by atoms with Crippen molar-refractivity contribution in [1.82, 2.24) is 5.32 Å². The summed E-state index contributed by atoms with van der Waals surface area (Å²) in [5.41, 5.74) is 9.39. The van der Waals surface area contributed by atoms with E-state index in [4.69, 9.17) is 5.73 Å². The van der Waals surface area contributed by atoms with Gasteiger partial charge in [-0.05, 0) is 43.5 Å². The maximum atomic E-state index is 11.6. The fourth-order valence-corrected chi connectivity index (χ4v) is 2.35. The maximum Gasteiger partial charge on any atom is 0.251 e. The summed E-state index contributed by atoms with van der Waals surface area (Å²) in [5, 5.41) is 6.00. The number of nitrogen functional groups attached to an aromatic ring is 1. The SMILES string of the molecule is CNC(=O)c1ccc(N[C@@H](C)CCc2ccccc2)c(N)c1. The minimum atomic E-state index is -0.129. The molecule has 1 amide bonds. The van der Waals surface area contributed by atoms with Crippen molar-refractivity contribution < 1.29 is 4.79 Å². The Morgan fingerprint density at radius 1 is 1.18 bits per heavy atom. The van der Waals surface area contributed by atoms with Gasteiger partial charge in [0.15, 0.2) is 0 Å². The number of carbonyl (C=O) groups excluding carboxylic acids is 1. The summed E-state index contributed by atoms with van der Waals surface area (Å²) in [6, 6.07) is 16.1. The van der Waals surface area contributed by atoms with Crippen molar-refractivity contribution in [2.45, 2.75) is 25.8 Å². The summed E-state index contributed by atoms with van der Waals surface area (Å²) in [6.45, 7) is 2.13. The van der Waals surface area contributed by atoms with Crippen molar-refractivity contribution in [3.8, 4) is 0 Å². The van der Waals surface area contributed by atoms with E-state index in [0.29, 0.717) is 17.3 Å². The van der Waals surface area contributed by atoms with Gasteiger partial charge in [-0.2, -0.15) is 0 Å². The van der Waals surface area contributed by atoms with Crippen LogP contribution in [0.25, 0.3) is 0 Å². The molecule has 4 nitrogen and oxygen atoms in total. The highest BCUT2D eigenvalue weighted by atomic mass is 16.1. The van der Waals surface area contributed by atoms with Crippen molar-refractivity contribution >= 4 is 17.3 Å². The Labute approximate surface area is 131 Å². The third-order valence-corrected chi connectivity index (χ3v) is 3.65. The van der Waals surface area contributed by atoms with Crippen molar-refractivity contribution in [1.29, 1.82) is 0 Å². The lowest BCUT2D eigenvalue weighted by Crippen LogP contribution is -2.19. The first-order valence-corrected chi connectivity index (χ1v) is 7.52. The molecule has 0 heterocycles. The molecule has 0 spiro atoms. The monoisotopic (exact) mass is 297 g/mol. The van der Waals surface area contributed by atoms with E-state index < -0.39 is 0 Å². The summed E-state index contributed by atoms with van der Waals surface area (Å²) in [4.78, 5) is 11.6. The molecule has 0 unspecified atom stereocenters. The van der Waals surface area contributed by atoms with Crippen LogP contribution in [-0.4, -0.2) is 19.0 Å². The van der Waals surface area contributed by atoms with Gasteiger partial charge in [-0.25, -0.2) is 0 Å². The van der Waals surface area contributed by atoms with Gasteiger partial charge in [0.05, 0.1) is 11.4 Å². The van der Waals surface area contributed by atoms with Gasteiger partial charge < -0.3 is 16.4 Å². The normalized spacial score (nSPS) is 11.7. The summed E-state index contributed by atoms with van der Waals surface area (Å²) < 4.78 is 0. The third-order valence-electron chi connectivity index (χ3n) is 3.65. The molecule has 116 valence electrons. The number of nitrogens with two attached hydrogens (primary N) is 1. The Morgan fingerprint density at radius 3 is 2.55 bits per heavy atom. The second-order valence-corrected chi connectivity index (χ2v) is 5.45. The second-order valence-electron chi connectivity index (χ2n) is 5.45. The molecule has 22 heavy (non-hydrogen) atoms. The molecular formula is C18H23N3O. The molecule has 4 N–H and O–H groups in total. The zero-order valence-corrected chi connectivity index (χ0v) is 13.1. The van der Waals surface area contributed by atoms with Gasteiger partial charge in [0.1, 0.15) is 0 Å². The van der Waals surface area contributed by atoms with Crippen LogP contribution in [0, 0.1) is 0 Å². The van der Waals surface area contributed by atoms with Crippen molar-refractivity contribution in [2.24, 2.45) is 0 Å². The molecule has 0 aromatic heterocycles. The Kier molecular flexibility index (Phi) is 5.42. The van der Waals surface area contributed by atoms with Crippen molar-refractivity contribution in [3.05, 3.63) is 59.7 Å². The molecule has 0 fully saturated rings. The summed E-state index contributed by atoms with van der Waals surface area (Å²) >= 11 is 0. The van der Waals surface area contributed by atoms with Crippen LogP contribution in [0.1, 0.15) is 29.3 Å². The molecule has 1 atom stereocenters. The van der Waals surface area contributed by atoms with Crippen LogP contribution in [0.4, 0.5) is 11.4 Å². The molecule has 2 aromatic carbocycles. The fraction of sp³-hybridized carbons (Fsp3) is 0.278. The molecular weight excluding hydrogens is 274 g/mol. The van der Waals surface area contributed by atoms with Crippen LogP contribution < -0.4 is 16.4 Å². The summed E-state index contributed by atoms with van der Waals surface area (Å²) in [5.74, 6) is -0.129. The molecule has 0 saturated carbocycles. The third kappa shape index (κ3) is 4.25. The van der Waals surface area contributed by atoms with Gasteiger partial charge in [-0.15, -0.1) is 0 Å². The highest BCUT2D eigenvalue weighted by Crippen LogP contribution is 2.21. The largest absolute Gasteiger partial charge is 0.397 e. The number of hydrogen-bond donors (Lipinski definition) is 3. The standard InChI is InChI=1S/C18H23N3O/c1-13(8-9-14-6-4-3-5-7-14)21-17-11-10-15(12-16(17)19)18(22)20-2/h3-7,10-13,21H,8-9,19H2,1-2H3,(H,20,22)/t13-/m0/s1. The summed E-state index contributed by atoms with van der Waals surface area (Å²) in [7, 11) is 1.61. The second kappa shape index (κ2) is 7.50. The van der Waals surface area contributed by atoms with Crippen molar-refractivity contribution in [3.63, 3.8) is 0 Å². The molecule has 0 aliphatic carbocycles. The molecule has 0 aliphatic heterocycles. The molecule has 2 rings (SSSR count). The van der Waals surface area contributed by atoms with Gasteiger partial charge in [0.25, 0.3) is 5.91 Å². The van der Waals surface area contributed by atoms with E-state index in [0.717, 1.165) is 18.5 Å². The lowest BCUT2D eigenvalue weighted by atomic mass is 10.1. The Balaban J connectivity index is 1.94. The highest BCUT2D eigenvalue weighted by molar-refractivity contribution is 5.95. The molecule has 0 radical (unpaired) electrons. The zero-order chi connectivity index (χ0) is 15.9. The zero-order valence-electron chi connectivity index (χ0n) is 13.1. The average Bonchev–Trinajstić information content (AvgIpc) is 2.55. The topological polar surface area (TPSA) is 67.2 Å². The van der Waals surface area contributed by atoms with Crippen LogP contribution >= 0.6 is 0 Å². The minimum Gasteiger partial charge on any atom is -0.397 e. The van der Waals surface area contributed by atoms with Crippen molar-refractivity contribution in [2.75, 3.05) is 18.1 Å². The van der Waals surface area contributed by atoms with Crippen LogP contribution in [0.5, 0.6) is 0 Å². The predicted octanol–water partition coefficient (Wildman–Crippen LogP) is 3.06. The number of anilines is 2. The quantitative estimate of drug-likeness (QED) is 0.718. The molecule has 0 aliphatic rings. The van der Waals surface area contributed by atoms with Gasteiger partial charge >= 0.3 is 0 Å². The molecule has 0 saturated heterocycles. The Morgan fingerprint density at radius 2 is 1.91 bits per heavy atom. The van der Waals surface area contributed by atoms with E-state index in [-0.39, 0.29) is 5.91 Å². The number of aryl methyl sites for hydroxylation is 1. The number of amides is 1. The van der Waals surface area contributed by atoms with E-state index >= 15 is 0 Å². The van der Waals surface area contributed by atoms with E-state index in [9.17, 15) is 4.79 Å². The average molecular weight is 297 g/mol. The Hall–Kier alpha value is -2.49. The molecule has 4 heteroatoms.